The fourth-order valence-electron chi connectivity index (χ4n) is 1.63. The molecule has 1 unspecified atom stereocenters. The first-order valence-corrected chi connectivity index (χ1v) is 5.40. The molecule has 0 aliphatic heterocycles. The van der Waals surface area contributed by atoms with Crippen LogP contribution in [-0.4, -0.2) is 17.0 Å². The van der Waals surface area contributed by atoms with Gasteiger partial charge in [0.25, 0.3) is 0 Å². The Morgan fingerprint density at radius 3 is 2.81 bits per heavy atom. The Balaban J connectivity index is 2.78. The molecule has 1 aromatic carbocycles. The molecule has 0 spiro atoms. The summed E-state index contributed by atoms with van der Waals surface area (Å²) in [5.41, 5.74) is 7.25. The van der Waals surface area contributed by atoms with Crippen LogP contribution in [0.25, 0.3) is 10.9 Å². The number of fused-ring (bicyclic) bond motifs is 1. The van der Waals surface area contributed by atoms with Gasteiger partial charge in [-0.05, 0) is 20.0 Å². The standard InChI is InChI=1S/C11H13ClN4/c1-6(14-2)9-7-4-3-5-8(12)10(7)16-11(13)15-9/h3-6,14H,1-2H3,(H2,13,15,16). The molecule has 0 aliphatic carbocycles. The van der Waals surface area contributed by atoms with Crippen LogP contribution in [0.1, 0.15) is 18.7 Å². The minimum atomic E-state index is 0.103. The number of halogens is 1. The molecule has 84 valence electrons. The first-order valence-electron chi connectivity index (χ1n) is 5.02. The number of nitrogens with one attached hydrogen (secondary N) is 1. The number of nitrogens with two attached hydrogens (primary N) is 1. The van der Waals surface area contributed by atoms with E-state index in [2.05, 4.69) is 15.3 Å². The molecule has 0 saturated heterocycles. The van der Waals surface area contributed by atoms with Crippen molar-refractivity contribution in [2.45, 2.75) is 13.0 Å². The Bertz CT molecular complexity index is 527. The molecule has 0 amide bonds. The first kappa shape index (κ1) is 11.1. The zero-order valence-corrected chi connectivity index (χ0v) is 9.92. The highest BCUT2D eigenvalue weighted by molar-refractivity contribution is 6.35. The van der Waals surface area contributed by atoms with E-state index in [1.54, 1.807) is 6.07 Å². The lowest BCUT2D eigenvalue weighted by Crippen LogP contribution is -2.15. The van der Waals surface area contributed by atoms with Crippen LogP contribution in [0.4, 0.5) is 5.95 Å². The zero-order chi connectivity index (χ0) is 11.7. The Kier molecular flexibility index (Phi) is 2.94. The third-order valence-corrected chi connectivity index (χ3v) is 2.87. The predicted octanol–water partition coefficient (Wildman–Crippen LogP) is 2.15. The van der Waals surface area contributed by atoms with Gasteiger partial charge < -0.3 is 11.1 Å². The second kappa shape index (κ2) is 4.23. The number of hydrogen-bond donors (Lipinski definition) is 2. The van der Waals surface area contributed by atoms with Crippen molar-refractivity contribution in [3.05, 3.63) is 28.9 Å². The van der Waals surface area contributed by atoms with Crippen molar-refractivity contribution in [3.8, 4) is 0 Å². The molecule has 0 bridgehead atoms. The Morgan fingerprint density at radius 2 is 2.12 bits per heavy atom. The van der Waals surface area contributed by atoms with Crippen molar-refractivity contribution in [2.24, 2.45) is 0 Å². The second-order valence-corrected chi connectivity index (χ2v) is 4.02. The lowest BCUT2D eigenvalue weighted by Gasteiger charge is -2.13. The normalized spacial score (nSPS) is 12.9. The highest BCUT2D eigenvalue weighted by atomic mass is 35.5. The number of rotatable bonds is 2. The van der Waals surface area contributed by atoms with Gasteiger partial charge >= 0.3 is 0 Å². The van der Waals surface area contributed by atoms with Crippen LogP contribution >= 0.6 is 11.6 Å². The Labute approximate surface area is 98.8 Å². The van der Waals surface area contributed by atoms with E-state index in [1.807, 2.05) is 26.1 Å². The molecule has 0 fully saturated rings. The van der Waals surface area contributed by atoms with Crippen LogP contribution in [0.2, 0.25) is 5.02 Å². The minimum Gasteiger partial charge on any atom is -0.368 e. The van der Waals surface area contributed by atoms with Gasteiger partial charge in [-0.15, -0.1) is 0 Å². The Hall–Kier alpha value is -1.39. The van der Waals surface area contributed by atoms with E-state index in [0.29, 0.717) is 10.5 Å². The van der Waals surface area contributed by atoms with Gasteiger partial charge in [0, 0.05) is 11.4 Å². The lowest BCUT2D eigenvalue weighted by atomic mass is 10.1. The molecule has 2 aromatic rings. The molecule has 1 heterocycles. The third kappa shape index (κ3) is 1.81. The summed E-state index contributed by atoms with van der Waals surface area (Å²) in [6.07, 6.45) is 0. The van der Waals surface area contributed by atoms with Crippen LogP contribution in [-0.2, 0) is 0 Å². The molecular weight excluding hydrogens is 224 g/mol. The van der Waals surface area contributed by atoms with Crippen LogP contribution in [0, 0.1) is 0 Å². The number of hydrogen-bond acceptors (Lipinski definition) is 4. The summed E-state index contributed by atoms with van der Waals surface area (Å²) < 4.78 is 0. The molecule has 3 N–H and O–H groups in total. The molecule has 0 aliphatic rings. The van der Waals surface area contributed by atoms with E-state index < -0.39 is 0 Å². The smallest absolute Gasteiger partial charge is 0.220 e. The van der Waals surface area contributed by atoms with Gasteiger partial charge in [-0.1, -0.05) is 23.7 Å². The van der Waals surface area contributed by atoms with Gasteiger partial charge in [0.05, 0.1) is 16.2 Å². The predicted molar refractivity (Wildman–Crippen MR) is 66.4 cm³/mol. The lowest BCUT2D eigenvalue weighted by molar-refractivity contribution is 0.638. The van der Waals surface area contributed by atoms with Crippen molar-refractivity contribution >= 4 is 28.5 Å². The molecule has 1 atom stereocenters. The molecule has 2 rings (SSSR count). The number of benzene rings is 1. The van der Waals surface area contributed by atoms with E-state index in [9.17, 15) is 0 Å². The van der Waals surface area contributed by atoms with Crippen molar-refractivity contribution in [1.82, 2.24) is 15.3 Å². The van der Waals surface area contributed by atoms with E-state index in [1.165, 1.54) is 0 Å². The summed E-state index contributed by atoms with van der Waals surface area (Å²) in [5, 5.41) is 4.66. The number of nitrogen functional groups attached to an aromatic ring is 1. The molecule has 16 heavy (non-hydrogen) atoms. The number of nitrogens with zero attached hydrogens (tertiary/aromatic N) is 2. The highest BCUT2D eigenvalue weighted by Gasteiger charge is 2.12. The Morgan fingerprint density at radius 1 is 1.38 bits per heavy atom. The summed E-state index contributed by atoms with van der Waals surface area (Å²) in [6, 6.07) is 5.73. The second-order valence-electron chi connectivity index (χ2n) is 3.61. The molecular formula is C11H13ClN4. The van der Waals surface area contributed by atoms with Gasteiger partial charge in [0.15, 0.2) is 0 Å². The summed E-state index contributed by atoms with van der Waals surface area (Å²) in [7, 11) is 1.87. The molecule has 5 heteroatoms. The van der Waals surface area contributed by atoms with E-state index in [-0.39, 0.29) is 12.0 Å². The van der Waals surface area contributed by atoms with Crippen molar-refractivity contribution in [2.75, 3.05) is 12.8 Å². The van der Waals surface area contributed by atoms with Crippen molar-refractivity contribution in [1.29, 1.82) is 0 Å². The third-order valence-electron chi connectivity index (χ3n) is 2.57. The number of aromatic nitrogens is 2. The fourth-order valence-corrected chi connectivity index (χ4v) is 1.84. The van der Waals surface area contributed by atoms with Gasteiger partial charge in [-0.2, -0.15) is 0 Å². The summed E-state index contributed by atoms with van der Waals surface area (Å²) >= 11 is 6.08. The van der Waals surface area contributed by atoms with Crippen LogP contribution < -0.4 is 11.1 Å². The number of anilines is 1. The minimum absolute atomic E-state index is 0.103. The average molecular weight is 237 g/mol. The van der Waals surface area contributed by atoms with Crippen LogP contribution in [0.15, 0.2) is 18.2 Å². The fraction of sp³-hybridized carbons (Fsp3) is 0.273. The van der Waals surface area contributed by atoms with E-state index in [4.69, 9.17) is 17.3 Å². The van der Waals surface area contributed by atoms with Crippen LogP contribution in [0.3, 0.4) is 0 Å². The SMILES string of the molecule is CNC(C)c1nc(N)nc2c(Cl)cccc12. The van der Waals surface area contributed by atoms with Gasteiger partial charge in [0.1, 0.15) is 0 Å². The summed E-state index contributed by atoms with van der Waals surface area (Å²) in [6.45, 7) is 2.02. The maximum Gasteiger partial charge on any atom is 0.220 e. The zero-order valence-electron chi connectivity index (χ0n) is 9.16. The molecule has 1 aromatic heterocycles. The topological polar surface area (TPSA) is 63.8 Å². The molecule has 4 nitrogen and oxygen atoms in total. The van der Waals surface area contributed by atoms with Gasteiger partial charge in [-0.25, -0.2) is 9.97 Å². The van der Waals surface area contributed by atoms with E-state index >= 15 is 0 Å². The monoisotopic (exact) mass is 236 g/mol. The first-order chi connectivity index (χ1) is 7.63. The van der Waals surface area contributed by atoms with Crippen molar-refractivity contribution < 1.29 is 0 Å². The largest absolute Gasteiger partial charge is 0.368 e. The number of para-hydroxylation sites is 1. The van der Waals surface area contributed by atoms with Gasteiger partial charge in [-0.3, -0.25) is 0 Å². The maximum absolute atomic E-state index is 6.08. The highest BCUT2D eigenvalue weighted by Crippen LogP contribution is 2.27. The molecule has 0 radical (unpaired) electrons. The average Bonchev–Trinajstić information content (AvgIpc) is 2.28. The quantitative estimate of drug-likeness (QED) is 0.839. The van der Waals surface area contributed by atoms with Gasteiger partial charge in [0.2, 0.25) is 5.95 Å². The van der Waals surface area contributed by atoms with E-state index in [0.717, 1.165) is 11.1 Å². The maximum atomic E-state index is 6.08. The van der Waals surface area contributed by atoms with Crippen LogP contribution in [0.5, 0.6) is 0 Å². The summed E-state index contributed by atoms with van der Waals surface area (Å²) in [5.74, 6) is 0.248. The molecule has 0 saturated carbocycles. The summed E-state index contributed by atoms with van der Waals surface area (Å²) in [4.78, 5) is 8.42. The van der Waals surface area contributed by atoms with Crippen molar-refractivity contribution in [3.63, 3.8) is 0 Å².